The van der Waals surface area contributed by atoms with Crippen molar-refractivity contribution in [3.8, 4) is 11.8 Å². The molecule has 12 heteroatoms. The van der Waals surface area contributed by atoms with Crippen molar-refractivity contribution in [2.45, 2.75) is 56.1 Å². The lowest BCUT2D eigenvalue weighted by Crippen LogP contribution is -2.85. The van der Waals surface area contributed by atoms with E-state index in [-0.39, 0.29) is 12.0 Å². The van der Waals surface area contributed by atoms with E-state index in [1.54, 1.807) is 18.2 Å². The third-order valence-corrected chi connectivity index (χ3v) is 8.89. The van der Waals surface area contributed by atoms with E-state index in [0.29, 0.717) is 22.6 Å². The van der Waals surface area contributed by atoms with E-state index in [1.165, 1.54) is 25.1 Å². The number of aromatic hydroxyl groups is 1. The molecule has 0 aliphatic heterocycles. The molecule has 2 fully saturated rings. The highest BCUT2D eigenvalue weighted by molar-refractivity contribution is 6.33. The molecule has 3 aliphatic carbocycles. The highest BCUT2D eigenvalue weighted by Gasteiger charge is 2.78. The normalized spacial score (nSPS) is 33.8. The number of fused-ring (bicyclic) bond motifs is 3. The van der Waals surface area contributed by atoms with Gasteiger partial charge in [-0.1, -0.05) is 31.0 Å². The van der Waals surface area contributed by atoms with Crippen molar-refractivity contribution in [3.05, 3.63) is 33.9 Å². The first kappa shape index (κ1) is 29.6. The van der Waals surface area contributed by atoms with Crippen LogP contribution in [-0.2, 0) is 25.6 Å². The molecule has 0 radical (unpaired) electrons. The van der Waals surface area contributed by atoms with Gasteiger partial charge in [0.05, 0.1) is 23.2 Å². The lowest BCUT2D eigenvalue weighted by Gasteiger charge is -2.60. The monoisotopic (exact) mass is 569 g/mol. The Morgan fingerprint density at radius 3 is 2.42 bits per heavy atom. The Morgan fingerprint density at radius 1 is 1.23 bits per heavy atom. The van der Waals surface area contributed by atoms with Crippen LogP contribution in [-0.4, -0.2) is 70.3 Å². The number of Topliss-reactive ketones (excluding diaryl/α,β-unsaturated/α-hetero) is 4. The molecule has 7 N–H and O–H groups in total. The van der Waals surface area contributed by atoms with Crippen molar-refractivity contribution in [3.63, 3.8) is 0 Å². The third-order valence-electron chi connectivity index (χ3n) is 8.59. The Bertz CT molecular complexity index is 1430. The van der Waals surface area contributed by atoms with E-state index in [1.807, 2.05) is 6.92 Å². The van der Waals surface area contributed by atoms with Crippen LogP contribution >= 0.6 is 11.6 Å². The minimum absolute atomic E-state index is 0.148. The second-order valence-electron chi connectivity index (χ2n) is 11.3. The van der Waals surface area contributed by atoms with Crippen LogP contribution in [0.1, 0.15) is 54.1 Å². The van der Waals surface area contributed by atoms with Gasteiger partial charge in [-0.25, -0.2) is 0 Å². The van der Waals surface area contributed by atoms with Crippen molar-refractivity contribution in [1.29, 1.82) is 5.26 Å². The molecule has 1 aromatic rings. The fraction of sp³-hybridized carbons (Fsp3) is 0.500. The molecule has 0 saturated heterocycles. The second-order valence-corrected chi connectivity index (χ2v) is 11.8. The predicted octanol–water partition coefficient (Wildman–Crippen LogP) is 0.578. The Hall–Kier alpha value is -3.43. The average molecular weight is 570 g/mol. The van der Waals surface area contributed by atoms with E-state index >= 15 is 0 Å². The highest BCUT2D eigenvalue weighted by Crippen LogP contribution is 2.56. The number of rotatable bonds is 6. The molecule has 212 valence electrons. The molecule has 0 bridgehead atoms. The van der Waals surface area contributed by atoms with Crippen LogP contribution in [0.2, 0.25) is 0 Å². The van der Waals surface area contributed by atoms with Crippen LogP contribution in [0.15, 0.2) is 17.2 Å². The number of allylic oxidation sites excluding steroid dienone is 1. The van der Waals surface area contributed by atoms with Gasteiger partial charge < -0.3 is 22.3 Å². The van der Waals surface area contributed by atoms with Gasteiger partial charge in [0.15, 0.2) is 34.5 Å². The Kier molecular flexibility index (Phi) is 7.30. The van der Waals surface area contributed by atoms with Gasteiger partial charge in [-0.3, -0.25) is 28.9 Å². The molecule has 3 aliphatic rings. The van der Waals surface area contributed by atoms with Crippen molar-refractivity contribution in [1.82, 2.24) is 4.90 Å². The lowest BCUT2D eigenvalue weighted by atomic mass is 9.42. The molecule has 2 unspecified atom stereocenters. The number of primary amides is 1. The summed E-state index contributed by atoms with van der Waals surface area (Å²) in [5.41, 5.74) is 13.0. The average Bonchev–Trinajstić information content (AvgIpc) is 2.83. The van der Waals surface area contributed by atoms with E-state index in [4.69, 9.17) is 28.8 Å². The van der Waals surface area contributed by atoms with E-state index in [9.17, 15) is 34.3 Å². The van der Waals surface area contributed by atoms with Crippen LogP contribution in [0.4, 0.5) is 0 Å². The first-order chi connectivity index (χ1) is 18.6. The standard InChI is InChI=1S/C28H32ClN5O6/c1-4-5-6-14(29)9-13-7-8-16(35)17-15(13)10-26(32)11-28(33)22(34(2)3)21(37)18(25(31)40)23(38)27(28,12-30)24(39)19(26)20(17)36/h7-9,18-19,22,35H,4-6,10-11,32-33H2,1-3H3,(H2,31,40)/b14-9-/t18?,19?,22-,26-,27+,28-/m1/s1. The Balaban J connectivity index is 1.97. The summed E-state index contributed by atoms with van der Waals surface area (Å²) < 4.78 is 0. The van der Waals surface area contributed by atoms with Gasteiger partial charge in [0.2, 0.25) is 5.91 Å². The Morgan fingerprint density at radius 2 is 1.88 bits per heavy atom. The number of hydrogen-bond donors (Lipinski definition) is 4. The molecular weight excluding hydrogens is 538 g/mol. The van der Waals surface area contributed by atoms with Gasteiger partial charge in [0.1, 0.15) is 11.7 Å². The zero-order valence-corrected chi connectivity index (χ0v) is 23.2. The number of amides is 1. The summed E-state index contributed by atoms with van der Waals surface area (Å²) in [6.07, 6.45) is 3.38. The van der Waals surface area contributed by atoms with Crippen LogP contribution < -0.4 is 17.2 Å². The molecular formula is C28H32ClN5O6. The molecule has 0 aromatic heterocycles. The zero-order valence-electron chi connectivity index (χ0n) is 22.5. The summed E-state index contributed by atoms with van der Waals surface area (Å²) in [4.78, 5) is 69.0. The summed E-state index contributed by atoms with van der Waals surface area (Å²) >= 11 is 6.44. The van der Waals surface area contributed by atoms with E-state index in [0.717, 1.165) is 12.8 Å². The minimum Gasteiger partial charge on any atom is -0.507 e. The number of carbonyl (C=O) groups excluding carboxylic acids is 5. The summed E-state index contributed by atoms with van der Waals surface area (Å²) in [6.45, 7) is 2.01. The van der Waals surface area contributed by atoms with Crippen molar-refractivity contribution in [2.24, 2.45) is 34.5 Å². The number of phenols is 1. The van der Waals surface area contributed by atoms with Gasteiger partial charge in [-0.05, 0) is 63.0 Å². The largest absolute Gasteiger partial charge is 0.507 e. The molecule has 1 amide bonds. The maximum Gasteiger partial charge on any atom is 0.235 e. The molecule has 2 saturated carbocycles. The quantitative estimate of drug-likeness (QED) is 0.350. The SMILES string of the molecule is CCCC/C(Cl)=C/c1ccc(O)c2c1C[C@@]1(N)C[C@@]3(N)[C@H](N(C)C)C(=O)C(C(N)=O)C(=O)[C@@]3(C#N)C(=O)C1C2=O. The van der Waals surface area contributed by atoms with Crippen LogP contribution in [0.3, 0.4) is 0 Å². The minimum atomic E-state index is -2.77. The highest BCUT2D eigenvalue weighted by atomic mass is 35.5. The van der Waals surface area contributed by atoms with E-state index < -0.39 is 75.6 Å². The fourth-order valence-corrected chi connectivity index (χ4v) is 7.20. The molecule has 4 rings (SSSR count). The van der Waals surface area contributed by atoms with Crippen molar-refractivity contribution >= 4 is 46.7 Å². The number of unbranched alkanes of at least 4 members (excludes halogenated alkanes) is 1. The first-order valence-electron chi connectivity index (χ1n) is 12.9. The van der Waals surface area contributed by atoms with Gasteiger partial charge >= 0.3 is 0 Å². The van der Waals surface area contributed by atoms with Gasteiger partial charge in [-0.15, -0.1) is 0 Å². The number of likely N-dealkylation sites (N-methyl/N-ethyl adjacent to an activating group) is 1. The summed E-state index contributed by atoms with van der Waals surface area (Å²) in [7, 11) is 2.90. The van der Waals surface area contributed by atoms with Crippen LogP contribution in [0, 0.1) is 28.6 Å². The molecule has 0 spiro atoms. The Labute approximate surface area is 236 Å². The second kappa shape index (κ2) is 9.89. The lowest BCUT2D eigenvalue weighted by molar-refractivity contribution is -0.166. The van der Waals surface area contributed by atoms with Gasteiger partial charge in [0.25, 0.3) is 0 Å². The number of ketones is 4. The summed E-state index contributed by atoms with van der Waals surface area (Å²) in [6, 6.07) is 3.11. The van der Waals surface area contributed by atoms with Crippen LogP contribution in [0.5, 0.6) is 5.75 Å². The number of carbonyl (C=O) groups is 5. The third kappa shape index (κ3) is 3.85. The number of nitriles is 1. The topological polar surface area (TPSA) is 211 Å². The smallest absolute Gasteiger partial charge is 0.235 e. The first-order valence-corrected chi connectivity index (χ1v) is 13.3. The zero-order chi connectivity index (χ0) is 29.9. The van der Waals surface area contributed by atoms with Gasteiger partial charge in [-0.2, -0.15) is 5.26 Å². The van der Waals surface area contributed by atoms with Crippen molar-refractivity contribution in [2.75, 3.05) is 14.1 Å². The van der Waals surface area contributed by atoms with Crippen LogP contribution in [0.25, 0.3) is 6.08 Å². The number of phenolic OH excluding ortho intramolecular Hbond substituents is 1. The number of benzene rings is 1. The number of halogens is 1. The van der Waals surface area contributed by atoms with E-state index in [2.05, 4.69) is 0 Å². The fourth-order valence-electron chi connectivity index (χ4n) is 6.95. The maximum absolute atomic E-state index is 14.3. The molecule has 0 heterocycles. The summed E-state index contributed by atoms with van der Waals surface area (Å²) in [5, 5.41) is 21.6. The maximum atomic E-state index is 14.3. The predicted molar refractivity (Wildman–Crippen MR) is 145 cm³/mol. The number of hydrogen-bond acceptors (Lipinski definition) is 10. The molecule has 1 aromatic carbocycles. The molecule has 6 atom stereocenters. The molecule has 40 heavy (non-hydrogen) atoms. The molecule has 11 nitrogen and oxygen atoms in total. The van der Waals surface area contributed by atoms with Crippen molar-refractivity contribution < 1.29 is 29.1 Å². The van der Waals surface area contributed by atoms with Gasteiger partial charge in [0, 0.05) is 10.6 Å². The number of nitrogens with two attached hydrogens (primary N) is 3. The summed E-state index contributed by atoms with van der Waals surface area (Å²) in [5.74, 6) is -10.0. The number of nitrogens with zero attached hydrogens (tertiary/aromatic N) is 2.